The summed E-state index contributed by atoms with van der Waals surface area (Å²) in [5.41, 5.74) is 1.60. The van der Waals surface area contributed by atoms with E-state index in [1.165, 1.54) is 19.2 Å². The molecule has 0 heterocycles. The van der Waals surface area contributed by atoms with Gasteiger partial charge in [0.2, 0.25) is 0 Å². The first-order valence-corrected chi connectivity index (χ1v) is 7.30. The summed E-state index contributed by atoms with van der Waals surface area (Å²) >= 11 is 12.1. The normalized spacial score (nSPS) is 11.9. The standard InChI is InChI=1S/C16H15Cl2NO3/c1-9(20)10-4-3-5-12(6-10)19-16(21)11-7-13(17)15(22-2)14(18)8-11/h3-9,20H,1-2H3,(H,19,21). The molecule has 1 atom stereocenters. The van der Waals surface area contributed by atoms with E-state index >= 15 is 0 Å². The molecule has 0 bridgehead atoms. The van der Waals surface area contributed by atoms with Gasteiger partial charge >= 0.3 is 0 Å². The number of hydrogen-bond acceptors (Lipinski definition) is 3. The van der Waals surface area contributed by atoms with Gasteiger partial charge in [0.25, 0.3) is 5.91 Å². The number of nitrogens with one attached hydrogen (secondary N) is 1. The second-order valence-corrected chi connectivity index (χ2v) is 5.54. The van der Waals surface area contributed by atoms with Crippen LogP contribution in [0.5, 0.6) is 5.75 Å². The fourth-order valence-corrected chi connectivity index (χ4v) is 2.61. The Morgan fingerprint density at radius 3 is 2.41 bits per heavy atom. The molecular weight excluding hydrogens is 325 g/mol. The molecule has 4 nitrogen and oxygen atoms in total. The number of benzene rings is 2. The number of aliphatic hydroxyl groups excluding tert-OH is 1. The summed E-state index contributed by atoms with van der Waals surface area (Å²) in [6.45, 7) is 1.66. The van der Waals surface area contributed by atoms with Crippen LogP contribution in [0.25, 0.3) is 0 Å². The number of carbonyl (C=O) groups excluding carboxylic acids is 1. The highest BCUT2D eigenvalue weighted by Crippen LogP contribution is 2.34. The van der Waals surface area contributed by atoms with E-state index in [9.17, 15) is 9.90 Å². The van der Waals surface area contributed by atoms with Crippen molar-refractivity contribution >= 4 is 34.8 Å². The Kier molecular flexibility index (Phi) is 5.29. The van der Waals surface area contributed by atoms with Crippen LogP contribution >= 0.6 is 23.2 Å². The van der Waals surface area contributed by atoms with E-state index in [1.54, 1.807) is 31.2 Å². The molecule has 116 valence electrons. The zero-order valence-electron chi connectivity index (χ0n) is 12.1. The molecule has 1 amide bonds. The van der Waals surface area contributed by atoms with E-state index in [4.69, 9.17) is 27.9 Å². The summed E-state index contributed by atoms with van der Waals surface area (Å²) in [6, 6.07) is 9.94. The lowest BCUT2D eigenvalue weighted by atomic mass is 10.1. The zero-order valence-corrected chi connectivity index (χ0v) is 13.6. The summed E-state index contributed by atoms with van der Waals surface area (Å²) in [6.07, 6.45) is -0.610. The molecule has 0 saturated carbocycles. The van der Waals surface area contributed by atoms with E-state index in [-0.39, 0.29) is 16.0 Å². The Morgan fingerprint density at radius 1 is 1.23 bits per heavy atom. The van der Waals surface area contributed by atoms with E-state index in [0.717, 1.165) is 0 Å². The van der Waals surface area contributed by atoms with Gasteiger partial charge in [-0.05, 0) is 36.8 Å². The first kappa shape index (κ1) is 16.6. The molecular formula is C16H15Cl2NO3. The van der Waals surface area contributed by atoms with Gasteiger partial charge in [0, 0.05) is 11.3 Å². The monoisotopic (exact) mass is 339 g/mol. The number of hydrogen-bond donors (Lipinski definition) is 2. The van der Waals surface area contributed by atoms with Gasteiger partial charge in [-0.1, -0.05) is 35.3 Å². The molecule has 2 aromatic carbocycles. The second kappa shape index (κ2) is 7.01. The van der Waals surface area contributed by atoms with Crippen LogP contribution < -0.4 is 10.1 Å². The SMILES string of the molecule is COc1c(Cl)cc(C(=O)Nc2cccc(C(C)O)c2)cc1Cl. The Hall–Kier alpha value is -1.75. The van der Waals surface area contributed by atoms with E-state index in [2.05, 4.69) is 5.32 Å². The van der Waals surface area contributed by atoms with Crippen molar-refractivity contribution in [3.8, 4) is 5.75 Å². The quantitative estimate of drug-likeness (QED) is 0.872. The average molecular weight is 340 g/mol. The highest BCUT2D eigenvalue weighted by atomic mass is 35.5. The maximum Gasteiger partial charge on any atom is 0.255 e. The molecule has 0 radical (unpaired) electrons. The Balaban J connectivity index is 2.24. The first-order valence-electron chi connectivity index (χ1n) is 6.54. The molecule has 0 aliphatic carbocycles. The van der Waals surface area contributed by atoms with Crippen LogP contribution in [0, 0.1) is 0 Å². The molecule has 0 saturated heterocycles. The van der Waals surface area contributed by atoms with Crippen molar-refractivity contribution < 1.29 is 14.6 Å². The predicted molar refractivity (Wildman–Crippen MR) is 88.0 cm³/mol. The van der Waals surface area contributed by atoms with Gasteiger partial charge in [-0.25, -0.2) is 0 Å². The van der Waals surface area contributed by atoms with Crippen LogP contribution in [-0.2, 0) is 0 Å². The predicted octanol–water partition coefficient (Wildman–Crippen LogP) is 4.31. The van der Waals surface area contributed by atoms with Crippen molar-refractivity contribution in [2.24, 2.45) is 0 Å². The molecule has 0 aromatic heterocycles. The third-order valence-corrected chi connectivity index (χ3v) is 3.65. The minimum atomic E-state index is -0.610. The molecule has 22 heavy (non-hydrogen) atoms. The number of ether oxygens (including phenoxy) is 1. The Morgan fingerprint density at radius 2 is 1.86 bits per heavy atom. The zero-order chi connectivity index (χ0) is 16.3. The highest BCUT2D eigenvalue weighted by Gasteiger charge is 2.14. The highest BCUT2D eigenvalue weighted by molar-refractivity contribution is 6.37. The van der Waals surface area contributed by atoms with Crippen LogP contribution in [0.1, 0.15) is 28.9 Å². The van der Waals surface area contributed by atoms with E-state index in [1.807, 2.05) is 0 Å². The van der Waals surface area contributed by atoms with Gasteiger partial charge in [-0.15, -0.1) is 0 Å². The van der Waals surface area contributed by atoms with Gasteiger partial charge in [0.15, 0.2) is 5.75 Å². The van der Waals surface area contributed by atoms with Gasteiger partial charge in [0.05, 0.1) is 23.3 Å². The number of aliphatic hydroxyl groups is 1. The summed E-state index contributed by atoms with van der Waals surface area (Å²) in [5.74, 6) is -0.0230. The molecule has 0 aliphatic rings. The van der Waals surface area contributed by atoms with Crippen LogP contribution in [0.3, 0.4) is 0 Å². The number of rotatable bonds is 4. The molecule has 2 aromatic rings. The second-order valence-electron chi connectivity index (χ2n) is 4.73. The molecule has 0 spiro atoms. The lowest BCUT2D eigenvalue weighted by Gasteiger charge is -2.11. The van der Waals surface area contributed by atoms with Crippen molar-refractivity contribution in [2.45, 2.75) is 13.0 Å². The third kappa shape index (κ3) is 3.71. The first-order chi connectivity index (χ1) is 10.4. The Labute approximate surface area is 138 Å². The third-order valence-electron chi connectivity index (χ3n) is 3.09. The minimum Gasteiger partial charge on any atom is -0.494 e. The van der Waals surface area contributed by atoms with Crippen molar-refractivity contribution in [1.29, 1.82) is 0 Å². The lowest BCUT2D eigenvalue weighted by Crippen LogP contribution is -2.12. The fraction of sp³-hybridized carbons (Fsp3) is 0.188. The van der Waals surface area contributed by atoms with Crippen LogP contribution in [0.2, 0.25) is 10.0 Å². The number of methoxy groups -OCH3 is 1. The maximum atomic E-state index is 12.3. The van der Waals surface area contributed by atoms with Crippen molar-refractivity contribution in [3.63, 3.8) is 0 Å². The van der Waals surface area contributed by atoms with Crippen molar-refractivity contribution in [2.75, 3.05) is 12.4 Å². The van der Waals surface area contributed by atoms with Crippen molar-refractivity contribution in [3.05, 3.63) is 57.6 Å². The molecule has 1 unspecified atom stereocenters. The van der Waals surface area contributed by atoms with Gasteiger partial charge < -0.3 is 15.2 Å². The van der Waals surface area contributed by atoms with E-state index < -0.39 is 6.10 Å². The van der Waals surface area contributed by atoms with E-state index in [0.29, 0.717) is 22.6 Å². The number of anilines is 1. The number of carbonyl (C=O) groups is 1. The molecule has 0 fully saturated rings. The van der Waals surface area contributed by atoms with Crippen LogP contribution in [0.4, 0.5) is 5.69 Å². The van der Waals surface area contributed by atoms with Gasteiger partial charge in [-0.3, -0.25) is 4.79 Å². The molecule has 6 heteroatoms. The molecule has 0 aliphatic heterocycles. The molecule has 2 rings (SSSR count). The van der Waals surface area contributed by atoms with Crippen LogP contribution in [0.15, 0.2) is 36.4 Å². The summed E-state index contributed by atoms with van der Waals surface area (Å²) < 4.78 is 5.05. The molecule has 2 N–H and O–H groups in total. The Bertz CT molecular complexity index is 679. The summed E-state index contributed by atoms with van der Waals surface area (Å²) in [7, 11) is 1.45. The van der Waals surface area contributed by atoms with Gasteiger partial charge in [0.1, 0.15) is 0 Å². The minimum absolute atomic E-state index is 0.262. The van der Waals surface area contributed by atoms with Gasteiger partial charge in [-0.2, -0.15) is 0 Å². The summed E-state index contributed by atoms with van der Waals surface area (Å²) in [5, 5.41) is 12.8. The topological polar surface area (TPSA) is 58.6 Å². The largest absolute Gasteiger partial charge is 0.494 e. The average Bonchev–Trinajstić information content (AvgIpc) is 2.47. The fourth-order valence-electron chi connectivity index (χ4n) is 1.97. The maximum absolute atomic E-state index is 12.3. The number of halogens is 2. The summed E-state index contributed by atoms with van der Waals surface area (Å²) in [4.78, 5) is 12.3. The number of amides is 1. The van der Waals surface area contributed by atoms with Crippen molar-refractivity contribution in [1.82, 2.24) is 0 Å². The van der Waals surface area contributed by atoms with Crippen LogP contribution in [-0.4, -0.2) is 18.1 Å². The lowest BCUT2D eigenvalue weighted by molar-refractivity contribution is 0.102. The smallest absolute Gasteiger partial charge is 0.255 e.